The molecule has 0 saturated carbocycles. The van der Waals surface area contributed by atoms with Crippen molar-refractivity contribution in [3.05, 3.63) is 97.2 Å². The van der Waals surface area contributed by atoms with Gasteiger partial charge in [0.1, 0.15) is 13.2 Å². The van der Waals surface area contributed by atoms with E-state index in [9.17, 15) is 19.5 Å². The van der Waals surface area contributed by atoms with Crippen LogP contribution >= 0.6 is 0 Å². The van der Waals surface area contributed by atoms with E-state index in [1.165, 1.54) is 199 Å². The number of esters is 2. The Morgan fingerprint density at radius 1 is 0.344 bits per heavy atom. The summed E-state index contributed by atoms with van der Waals surface area (Å²) in [5, 5.41) is 9.76. The fraction of sp³-hybridized carbons (Fsp3) is 0.765. The van der Waals surface area contributed by atoms with E-state index in [1.807, 2.05) is 21.1 Å². The summed E-state index contributed by atoms with van der Waals surface area (Å²) in [6.07, 6.45) is 95.5. The fourth-order valence-corrected chi connectivity index (χ4v) is 10.9. The van der Waals surface area contributed by atoms with Gasteiger partial charge in [-0.15, -0.1) is 0 Å². The van der Waals surface area contributed by atoms with Gasteiger partial charge in [0, 0.05) is 12.8 Å². The number of carbonyl (C=O) groups is 3. The van der Waals surface area contributed by atoms with E-state index in [0.717, 1.165) is 109 Å². The van der Waals surface area contributed by atoms with Crippen molar-refractivity contribution in [1.82, 2.24) is 0 Å². The van der Waals surface area contributed by atoms with Crippen LogP contribution in [0.3, 0.4) is 0 Å². The largest absolute Gasteiger partial charge is 0.477 e. The van der Waals surface area contributed by atoms with E-state index in [0.29, 0.717) is 23.9 Å². The number of nitrogens with zero attached hydrogens (tertiary/aromatic N) is 1. The predicted octanol–water partition coefficient (Wildman–Crippen LogP) is 24.0. The molecule has 0 heterocycles. The van der Waals surface area contributed by atoms with Crippen LogP contribution < -0.4 is 0 Å². The number of carboxylic acid groups (broad SMARTS) is 1. The van der Waals surface area contributed by atoms with E-state index in [4.69, 9.17) is 18.9 Å². The Hall–Kier alpha value is -3.79. The van der Waals surface area contributed by atoms with Crippen molar-refractivity contribution >= 4 is 17.9 Å². The number of hydrogen-bond acceptors (Lipinski definition) is 7. The molecule has 9 nitrogen and oxygen atoms in total. The summed E-state index contributed by atoms with van der Waals surface area (Å²) >= 11 is 0. The van der Waals surface area contributed by atoms with Crippen LogP contribution in [0.4, 0.5) is 0 Å². The number of hydrogen-bond donors (Lipinski definition) is 1. The number of carboxylic acids is 1. The van der Waals surface area contributed by atoms with Crippen molar-refractivity contribution in [2.24, 2.45) is 0 Å². The predicted molar refractivity (Wildman–Crippen MR) is 387 cm³/mol. The molecule has 2 atom stereocenters. The first kappa shape index (κ1) is 86.2. The van der Waals surface area contributed by atoms with Crippen molar-refractivity contribution < 1.29 is 42.9 Å². The van der Waals surface area contributed by atoms with Crippen LogP contribution in [0.15, 0.2) is 97.2 Å². The second kappa shape index (κ2) is 71.1. The van der Waals surface area contributed by atoms with Gasteiger partial charge in [0.15, 0.2) is 6.10 Å². The summed E-state index contributed by atoms with van der Waals surface area (Å²) in [6, 6.07) is 0. The molecule has 0 spiro atoms. The molecule has 0 fully saturated rings. The zero-order valence-corrected chi connectivity index (χ0v) is 59.5. The third-order valence-electron chi connectivity index (χ3n) is 16.6. The van der Waals surface area contributed by atoms with Gasteiger partial charge < -0.3 is 28.5 Å². The van der Waals surface area contributed by atoms with Crippen LogP contribution in [0.2, 0.25) is 0 Å². The van der Waals surface area contributed by atoms with Gasteiger partial charge in [0.2, 0.25) is 0 Å². The number of likely N-dealkylation sites (N-methyl/N-ethyl adjacent to an activating group) is 1. The molecule has 2 unspecified atom stereocenters. The van der Waals surface area contributed by atoms with Crippen molar-refractivity contribution in [3.63, 3.8) is 0 Å². The molecule has 0 aromatic carbocycles. The zero-order chi connectivity index (χ0) is 65.4. The number of carbonyl (C=O) groups excluding carboxylic acids is 2. The molecule has 0 amide bonds. The molecule has 0 rings (SSSR count). The van der Waals surface area contributed by atoms with E-state index in [1.54, 1.807) is 0 Å². The number of rotatable bonds is 70. The lowest BCUT2D eigenvalue weighted by Gasteiger charge is -2.25. The second-order valence-corrected chi connectivity index (χ2v) is 26.6. The smallest absolute Gasteiger partial charge is 0.361 e. The highest BCUT2D eigenvalue weighted by molar-refractivity contribution is 5.71. The Morgan fingerprint density at radius 3 is 0.944 bits per heavy atom. The van der Waals surface area contributed by atoms with Gasteiger partial charge in [-0.3, -0.25) is 9.59 Å². The minimum atomic E-state index is -1.52. The maximum Gasteiger partial charge on any atom is 0.361 e. The number of quaternary nitrogens is 1. The van der Waals surface area contributed by atoms with Crippen LogP contribution in [0, 0.1) is 0 Å². The van der Waals surface area contributed by atoms with Gasteiger partial charge >= 0.3 is 17.9 Å². The summed E-state index contributed by atoms with van der Waals surface area (Å²) in [5.74, 6) is -2.02. The first-order valence-electron chi connectivity index (χ1n) is 37.9. The van der Waals surface area contributed by atoms with Gasteiger partial charge in [-0.1, -0.05) is 349 Å². The molecule has 0 aromatic heterocycles. The minimum absolute atomic E-state index is 0.181. The molecule has 1 N–H and O–H groups in total. The lowest BCUT2D eigenvalue weighted by atomic mass is 10.0. The van der Waals surface area contributed by atoms with Crippen molar-refractivity contribution in [3.8, 4) is 0 Å². The summed E-state index contributed by atoms with van der Waals surface area (Å²) in [5.41, 5.74) is 0. The topological polar surface area (TPSA) is 108 Å². The number of allylic oxidation sites excluding steroid dienone is 16. The number of unbranched alkanes of at least 4 members (excludes halogenated alkanes) is 39. The molecule has 90 heavy (non-hydrogen) atoms. The van der Waals surface area contributed by atoms with Crippen LogP contribution in [-0.4, -0.2) is 87.4 Å². The van der Waals surface area contributed by atoms with Gasteiger partial charge in [-0.05, 0) is 77.0 Å². The van der Waals surface area contributed by atoms with Crippen LogP contribution in [0.1, 0.15) is 341 Å². The van der Waals surface area contributed by atoms with Gasteiger partial charge in [0.25, 0.3) is 6.29 Å². The molecule has 0 aromatic rings. The summed E-state index contributed by atoms with van der Waals surface area (Å²) < 4.78 is 23.0. The Kier molecular flexibility index (Phi) is 68.1. The van der Waals surface area contributed by atoms with Gasteiger partial charge in [-0.2, -0.15) is 0 Å². The van der Waals surface area contributed by atoms with Gasteiger partial charge in [0.05, 0.1) is 34.4 Å². The summed E-state index contributed by atoms with van der Waals surface area (Å²) in [4.78, 5) is 37.7. The van der Waals surface area contributed by atoms with Crippen molar-refractivity contribution in [2.45, 2.75) is 354 Å². The molecule has 0 bridgehead atoms. The molecule has 9 heteroatoms. The molecule has 0 saturated heterocycles. The standard InChI is InChI=1S/C81H143NO8/c1-6-8-10-12-14-16-18-20-22-24-26-28-30-32-34-36-38-39-40-42-43-45-47-49-51-53-55-57-59-61-63-65-67-69-71-78(83)88-75-77(76-89-81(80(85)86)87-74-73-82(3,4)5)90-79(84)72-70-68-66-64-62-60-58-56-54-52-50-48-46-44-41-37-35-33-31-29-27-25-23-21-19-17-15-13-11-9-7-2/h9,11,15,17,21,23,27,29,33,35,41,44,48,50,54,56,77,81H,6-8,10,12-14,16,18-20,22,24-26,28,30-32,34,36-40,42-43,45-47,49,51-53,55,57-76H2,1-5H3/p+1/b11-9-,17-15-,23-21-,29-27-,35-33-,44-41-,50-48-,56-54-. The Bertz CT molecular complexity index is 1800. The van der Waals surface area contributed by atoms with E-state index >= 15 is 0 Å². The Balaban J connectivity index is 4.09. The highest BCUT2D eigenvalue weighted by Gasteiger charge is 2.25. The van der Waals surface area contributed by atoms with Gasteiger partial charge in [-0.25, -0.2) is 4.79 Å². The second-order valence-electron chi connectivity index (χ2n) is 26.6. The highest BCUT2D eigenvalue weighted by Crippen LogP contribution is 2.19. The van der Waals surface area contributed by atoms with E-state index in [-0.39, 0.29) is 32.2 Å². The third kappa shape index (κ3) is 71.6. The maximum atomic E-state index is 13.0. The first-order valence-corrected chi connectivity index (χ1v) is 37.9. The SMILES string of the molecule is CC/C=C\C/C=C\C/C=C\C/C=C\C/C=C\C/C=C\C/C=C\C/C=C\CCCCCCCCC(=O)OC(COC(=O)CCCCCCCCCCCCCCCCCCCCCCCCCCCCCCCCCCCC)COC(OCC[N+](C)(C)C)C(=O)O. The Labute approximate surface area is 556 Å². The number of aliphatic carboxylic acids is 1. The maximum absolute atomic E-state index is 13.0. The minimum Gasteiger partial charge on any atom is -0.477 e. The van der Waals surface area contributed by atoms with E-state index < -0.39 is 24.3 Å². The van der Waals surface area contributed by atoms with Crippen LogP contribution in [-0.2, 0) is 33.3 Å². The Morgan fingerprint density at radius 2 is 0.633 bits per heavy atom. The molecule has 0 aliphatic heterocycles. The molecule has 0 aliphatic carbocycles. The van der Waals surface area contributed by atoms with Crippen molar-refractivity contribution in [2.75, 3.05) is 47.5 Å². The number of ether oxygens (including phenoxy) is 4. The average molecular weight is 1260 g/mol. The lowest BCUT2D eigenvalue weighted by Crippen LogP contribution is -2.40. The molecule has 0 aliphatic rings. The monoisotopic (exact) mass is 1260 g/mol. The highest BCUT2D eigenvalue weighted by atomic mass is 16.7. The molecule has 0 radical (unpaired) electrons. The van der Waals surface area contributed by atoms with Crippen LogP contribution in [0.5, 0.6) is 0 Å². The molecular formula is C81H144NO8+. The summed E-state index contributed by atoms with van der Waals surface area (Å²) in [6.45, 7) is 4.79. The molecule has 520 valence electrons. The first-order chi connectivity index (χ1) is 44.1. The third-order valence-corrected chi connectivity index (χ3v) is 16.6. The lowest BCUT2D eigenvalue weighted by molar-refractivity contribution is -0.870. The van der Waals surface area contributed by atoms with Crippen molar-refractivity contribution in [1.29, 1.82) is 0 Å². The average Bonchev–Trinajstić information content (AvgIpc) is 3.63. The molecular weight excluding hydrogens is 1110 g/mol. The van der Waals surface area contributed by atoms with E-state index in [2.05, 4.69) is 111 Å². The normalized spacial score (nSPS) is 13.2. The zero-order valence-electron chi connectivity index (χ0n) is 59.5. The fourth-order valence-electron chi connectivity index (χ4n) is 10.9. The quantitative estimate of drug-likeness (QED) is 0.0211. The van der Waals surface area contributed by atoms with Crippen LogP contribution in [0.25, 0.3) is 0 Å². The summed E-state index contributed by atoms with van der Waals surface area (Å²) in [7, 11) is 5.98.